The SMILES string of the molecule is CC/C=C\C/C=C\C/C=C\C/C=C\C/C=C\C/C=C\C/C=C\C/C=C\CCCCC(=O)NC(COC1OC(CO)C(OC2OC(CO)C(OC3OC(CO)C(O)C(O)C3O)C(O)C2O)C(O)C1O)C(O)/C=C/CC/C=C/CCCCCCCCCCCCCCCCCCCCC. The number of rotatable bonds is 56. The number of ether oxygens (including phenoxy) is 6. The lowest BCUT2D eigenvalue weighted by molar-refractivity contribution is -0.379. The summed E-state index contributed by atoms with van der Waals surface area (Å²) in [6, 6.07) is -1.02. The number of aliphatic hydroxyl groups excluding tert-OH is 11. The lowest BCUT2D eigenvalue weighted by Crippen LogP contribution is -2.66. The average Bonchev–Trinajstić information content (AvgIpc) is 0.790. The molecule has 556 valence electrons. The van der Waals surface area contributed by atoms with Crippen molar-refractivity contribution >= 4 is 5.91 Å². The van der Waals surface area contributed by atoms with E-state index in [4.69, 9.17) is 28.4 Å². The molecule has 1 amide bonds. The molecule has 17 atom stereocenters. The first-order valence-corrected chi connectivity index (χ1v) is 37.3. The fraction of sp³-hybridized carbons (Fsp3) is 0.731. The van der Waals surface area contributed by atoms with E-state index in [-0.39, 0.29) is 12.3 Å². The quantitative estimate of drug-likeness (QED) is 0.0199. The molecule has 0 aromatic rings. The summed E-state index contributed by atoms with van der Waals surface area (Å²) in [6.07, 6.45) is 53.2. The Morgan fingerprint density at radius 2 is 0.722 bits per heavy atom. The zero-order chi connectivity index (χ0) is 70.4. The standard InChI is InChI=1S/C78H131NO18/c1-3-5-7-9-11-13-15-17-19-21-23-25-27-29-30-32-34-36-38-40-42-44-46-48-50-52-54-56-66(84)79-61(62(83)55-53-51-49-47-45-43-41-39-37-35-33-31-28-26-24-22-20-18-16-14-12-10-8-6-4-2)60-92-76-72(90)69(87)74(64(58-81)94-76)97-78-73(91)70(88)75(65(59-82)95-78)96-77-71(89)68(86)67(85)63(57-80)93-77/h5,7,11,13,17,19,23,25,29-30,34,36,40,42,45-48,53,55,61-65,67-78,80-83,85-91H,3-4,6,8-10,12,14-16,18,20-22,24,26-28,31-33,35,37-39,41,43-44,49-52,54,56-60H2,1-2H3,(H,79,84)/b7-5-,13-11-,19-17-,25-23-,30-29-,36-34-,42-40-,47-45+,48-46-,55-53+. The second kappa shape index (κ2) is 57.8. The molecule has 0 bridgehead atoms. The van der Waals surface area contributed by atoms with Crippen LogP contribution in [0.25, 0.3) is 0 Å². The number of carbonyl (C=O) groups is 1. The molecule has 3 rings (SSSR count). The normalized spacial score (nSPS) is 27.6. The maximum absolute atomic E-state index is 13.4. The first-order chi connectivity index (χ1) is 47.3. The van der Waals surface area contributed by atoms with Gasteiger partial charge in [-0.25, -0.2) is 0 Å². The Morgan fingerprint density at radius 1 is 0.381 bits per heavy atom. The van der Waals surface area contributed by atoms with E-state index in [0.717, 1.165) is 83.5 Å². The highest BCUT2D eigenvalue weighted by Crippen LogP contribution is 2.33. The van der Waals surface area contributed by atoms with E-state index >= 15 is 0 Å². The second-order valence-corrected chi connectivity index (χ2v) is 26.0. The van der Waals surface area contributed by atoms with Crippen molar-refractivity contribution in [3.05, 3.63) is 122 Å². The van der Waals surface area contributed by atoms with Gasteiger partial charge in [0.1, 0.15) is 73.2 Å². The number of allylic oxidation sites excluding steroid dienone is 19. The Bertz CT molecular complexity index is 2230. The van der Waals surface area contributed by atoms with Gasteiger partial charge in [-0.2, -0.15) is 0 Å². The second-order valence-electron chi connectivity index (χ2n) is 26.0. The van der Waals surface area contributed by atoms with Crippen LogP contribution in [0.4, 0.5) is 0 Å². The van der Waals surface area contributed by atoms with Crippen molar-refractivity contribution in [1.29, 1.82) is 0 Å². The zero-order valence-corrected chi connectivity index (χ0v) is 59.0. The lowest BCUT2D eigenvalue weighted by Gasteiger charge is -2.48. The smallest absolute Gasteiger partial charge is 0.220 e. The number of unbranched alkanes of at least 4 members (excludes halogenated alkanes) is 22. The van der Waals surface area contributed by atoms with Crippen LogP contribution in [0.1, 0.15) is 232 Å². The molecule has 17 unspecified atom stereocenters. The maximum Gasteiger partial charge on any atom is 0.220 e. The van der Waals surface area contributed by atoms with Gasteiger partial charge in [0.05, 0.1) is 38.6 Å². The summed E-state index contributed by atoms with van der Waals surface area (Å²) in [6.45, 7) is 1.57. The van der Waals surface area contributed by atoms with Crippen LogP contribution in [-0.4, -0.2) is 193 Å². The molecule has 19 nitrogen and oxygen atoms in total. The van der Waals surface area contributed by atoms with E-state index in [0.29, 0.717) is 12.8 Å². The van der Waals surface area contributed by atoms with Gasteiger partial charge in [0.15, 0.2) is 18.9 Å². The maximum atomic E-state index is 13.4. The molecule has 3 saturated heterocycles. The summed E-state index contributed by atoms with van der Waals surface area (Å²) in [5, 5.41) is 121. The topological polar surface area (TPSA) is 307 Å². The minimum absolute atomic E-state index is 0.172. The van der Waals surface area contributed by atoms with E-state index in [1.807, 2.05) is 6.08 Å². The van der Waals surface area contributed by atoms with Crippen LogP contribution in [0, 0.1) is 0 Å². The van der Waals surface area contributed by atoms with E-state index in [1.54, 1.807) is 6.08 Å². The van der Waals surface area contributed by atoms with Crippen molar-refractivity contribution in [2.45, 2.75) is 336 Å². The van der Waals surface area contributed by atoms with Crippen LogP contribution >= 0.6 is 0 Å². The molecule has 0 spiro atoms. The van der Waals surface area contributed by atoms with E-state index in [1.165, 1.54) is 116 Å². The van der Waals surface area contributed by atoms with Crippen molar-refractivity contribution in [2.75, 3.05) is 26.4 Å². The highest BCUT2D eigenvalue weighted by Gasteiger charge is 2.53. The lowest BCUT2D eigenvalue weighted by atomic mass is 9.96. The Labute approximate surface area is 582 Å². The zero-order valence-electron chi connectivity index (χ0n) is 59.0. The summed E-state index contributed by atoms with van der Waals surface area (Å²) in [5.41, 5.74) is 0. The number of nitrogens with one attached hydrogen (secondary N) is 1. The molecule has 3 aliphatic rings. The molecule has 3 aliphatic heterocycles. The van der Waals surface area contributed by atoms with E-state index in [2.05, 4.69) is 129 Å². The van der Waals surface area contributed by atoms with Crippen LogP contribution in [0.5, 0.6) is 0 Å². The van der Waals surface area contributed by atoms with Gasteiger partial charge in [0.25, 0.3) is 0 Å². The minimum atomic E-state index is -1.99. The average molecular weight is 1370 g/mol. The van der Waals surface area contributed by atoms with Crippen molar-refractivity contribution in [3.63, 3.8) is 0 Å². The summed E-state index contributed by atoms with van der Waals surface area (Å²) in [4.78, 5) is 13.4. The van der Waals surface area contributed by atoms with Gasteiger partial charge in [-0.05, 0) is 96.3 Å². The summed E-state index contributed by atoms with van der Waals surface area (Å²) >= 11 is 0. The summed E-state index contributed by atoms with van der Waals surface area (Å²) < 4.78 is 34.3. The van der Waals surface area contributed by atoms with Gasteiger partial charge in [-0.1, -0.05) is 251 Å². The van der Waals surface area contributed by atoms with Crippen molar-refractivity contribution in [2.24, 2.45) is 0 Å². The Kier molecular flexibility index (Phi) is 52.1. The largest absolute Gasteiger partial charge is 0.394 e. The third-order valence-electron chi connectivity index (χ3n) is 17.7. The Hall–Kier alpha value is -3.81. The minimum Gasteiger partial charge on any atom is -0.394 e. The van der Waals surface area contributed by atoms with Crippen molar-refractivity contribution < 1.29 is 89.4 Å². The molecular formula is C78H131NO18. The van der Waals surface area contributed by atoms with Gasteiger partial charge < -0.3 is 89.9 Å². The molecule has 19 heteroatoms. The molecule has 0 aromatic heterocycles. The monoisotopic (exact) mass is 1370 g/mol. The predicted octanol–water partition coefficient (Wildman–Crippen LogP) is 11.2. The number of hydrogen-bond acceptors (Lipinski definition) is 18. The highest BCUT2D eigenvalue weighted by atomic mass is 16.8. The number of carbonyl (C=O) groups excluding carboxylic acids is 1. The summed E-state index contributed by atoms with van der Waals surface area (Å²) in [5.74, 6) is -0.331. The van der Waals surface area contributed by atoms with Gasteiger partial charge in [0, 0.05) is 6.42 Å². The molecule has 97 heavy (non-hydrogen) atoms. The van der Waals surface area contributed by atoms with Crippen molar-refractivity contribution in [3.8, 4) is 0 Å². The number of aliphatic hydroxyl groups is 11. The Balaban J connectivity index is 1.45. The van der Waals surface area contributed by atoms with Gasteiger partial charge in [0.2, 0.25) is 5.91 Å². The van der Waals surface area contributed by atoms with E-state index < -0.39 is 131 Å². The van der Waals surface area contributed by atoms with Crippen LogP contribution < -0.4 is 5.32 Å². The number of amides is 1. The molecule has 0 radical (unpaired) electrons. The summed E-state index contributed by atoms with van der Waals surface area (Å²) in [7, 11) is 0. The van der Waals surface area contributed by atoms with Gasteiger partial charge in [-0.3, -0.25) is 4.79 Å². The van der Waals surface area contributed by atoms with Crippen LogP contribution in [-0.2, 0) is 33.2 Å². The Morgan fingerprint density at radius 3 is 1.15 bits per heavy atom. The van der Waals surface area contributed by atoms with Crippen molar-refractivity contribution in [1.82, 2.24) is 5.32 Å². The molecular weight excluding hydrogens is 1240 g/mol. The first-order valence-electron chi connectivity index (χ1n) is 37.3. The molecule has 0 saturated carbocycles. The number of hydrogen-bond donors (Lipinski definition) is 12. The first kappa shape index (κ1) is 87.4. The molecule has 0 aromatic carbocycles. The predicted molar refractivity (Wildman–Crippen MR) is 383 cm³/mol. The molecule has 3 fully saturated rings. The third kappa shape index (κ3) is 38.7. The van der Waals surface area contributed by atoms with Crippen LogP contribution in [0.2, 0.25) is 0 Å². The van der Waals surface area contributed by atoms with E-state index in [9.17, 15) is 61.0 Å². The van der Waals surface area contributed by atoms with Crippen LogP contribution in [0.15, 0.2) is 122 Å². The molecule has 0 aliphatic carbocycles. The molecule has 3 heterocycles. The highest BCUT2D eigenvalue weighted by molar-refractivity contribution is 5.76. The fourth-order valence-corrected chi connectivity index (χ4v) is 11.8. The van der Waals surface area contributed by atoms with Gasteiger partial charge >= 0.3 is 0 Å². The molecule has 12 N–H and O–H groups in total. The van der Waals surface area contributed by atoms with Gasteiger partial charge in [-0.15, -0.1) is 0 Å². The van der Waals surface area contributed by atoms with Crippen LogP contribution in [0.3, 0.4) is 0 Å². The third-order valence-corrected chi connectivity index (χ3v) is 17.7. The fourth-order valence-electron chi connectivity index (χ4n) is 11.8.